The topological polar surface area (TPSA) is 71.5 Å². The number of carbonyl (C=O) groups excluding carboxylic acids is 2. The molecule has 1 aliphatic heterocycles. The summed E-state index contributed by atoms with van der Waals surface area (Å²) in [4.78, 5) is 29.6. The number of pyridine rings is 1. The number of rotatable bonds is 6. The maximum atomic E-state index is 13.7. The zero-order valence-electron chi connectivity index (χ0n) is 18.0. The largest absolute Gasteiger partial charge is 0.415 e. The molecule has 0 bridgehead atoms. The minimum atomic E-state index is -1.33. The standard InChI is InChI=1S/C23H26F3N3O3/c1-14(2)13-18(28-22(30)16-3-5-17(24)6-4-16)15-8-11-29(12-9-15)23(31)32-19-7-10-27-21(26)20(19)25/h3-7,10,14-15,18H,8-9,11-13H2,1-2H3,(H,28,30). The lowest BCUT2D eigenvalue weighted by atomic mass is 9.85. The number of likely N-dealkylation sites (tertiary alicyclic amines) is 1. The Hall–Kier alpha value is -3.10. The number of benzene rings is 1. The summed E-state index contributed by atoms with van der Waals surface area (Å²) in [5.74, 6) is -3.36. The molecule has 1 unspecified atom stereocenters. The summed E-state index contributed by atoms with van der Waals surface area (Å²) in [6.45, 7) is 4.84. The predicted molar refractivity (Wildman–Crippen MR) is 112 cm³/mol. The van der Waals surface area contributed by atoms with Gasteiger partial charge >= 0.3 is 6.09 Å². The van der Waals surface area contributed by atoms with E-state index in [2.05, 4.69) is 24.1 Å². The fourth-order valence-electron chi connectivity index (χ4n) is 3.85. The lowest BCUT2D eigenvalue weighted by Gasteiger charge is -2.36. The maximum Gasteiger partial charge on any atom is 0.415 e. The van der Waals surface area contributed by atoms with Gasteiger partial charge in [-0.25, -0.2) is 14.2 Å². The van der Waals surface area contributed by atoms with Crippen LogP contribution < -0.4 is 10.1 Å². The van der Waals surface area contributed by atoms with Crippen molar-refractivity contribution in [2.75, 3.05) is 13.1 Å². The van der Waals surface area contributed by atoms with Crippen LogP contribution in [0.4, 0.5) is 18.0 Å². The van der Waals surface area contributed by atoms with E-state index in [1.807, 2.05) is 0 Å². The Bertz CT molecular complexity index is 945. The molecule has 172 valence electrons. The van der Waals surface area contributed by atoms with Gasteiger partial charge in [0.15, 0.2) is 5.75 Å². The third-order valence-electron chi connectivity index (χ3n) is 5.52. The number of aromatic nitrogens is 1. The van der Waals surface area contributed by atoms with Crippen molar-refractivity contribution < 1.29 is 27.5 Å². The normalized spacial score (nSPS) is 15.5. The highest BCUT2D eigenvalue weighted by atomic mass is 19.2. The van der Waals surface area contributed by atoms with E-state index in [1.165, 1.54) is 29.2 Å². The average molecular weight is 449 g/mol. The van der Waals surface area contributed by atoms with Gasteiger partial charge in [0.2, 0.25) is 5.82 Å². The summed E-state index contributed by atoms with van der Waals surface area (Å²) in [5.41, 5.74) is 0.382. The molecule has 0 aliphatic carbocycles. The van der Waals surface area contributed by atoms with Crippen LogP contribution in [-0.2, 0) is 0 Å². The summed E-state index contributed by atoms with van der Waals surface area (Å²) in [5, 5.41) is 3.06. The molecule has 1 aromatic carbocycles. The van der Waals surface area contributed by atoms with Crippen LogP contribution in [0.1, 0.15) is 43.5 Å². The van der Waals surface area contributed by atoms with E-state index < -0.39 is 29.4 Å². The lowest BCUT2D eigenvalue weighted by Crippen LogP contribution is -2.47. The molecule has 9 heteroatoms. The number of nitrogens with zero attached hydrogens (tertiary/aromatic N) is 2. The Balaban J connectivity index is 1.59. The van der Waals surface area contributed by atoms with Gasteiger partial charge in [-0.1, -0.05) is 13.8 Å². The molecule has 0 saturated carbocycles. The van der Waals surface area contributed by atoms with E-state index in [4.69, 9.17) is 4.74 Å². The Kier molecular flexibility index (Phi) is 7.71. The molecule has 2 amide bonds. The molecule has 1 fully saturated rings. The molecule has 2 aromatic rings. The van der Waals surface area contributed by atoms with Crippen LogP contribution in [0.15, 0.2) is 36.5 Å². The second-order valence-corrected chi connectivity index (χ2v) is 8.32. The number of hydrogen-bond acceptors (Lipinski definition) is 4. The predicted octanol–water partition coefficient (Wildman–Crippen LogP) is 4.55. The van der Waals surface area contributed by atoms with Crippen molar-refractivity contribution in [1.82, 2.24) is 15.2 Å². The molecular formula is C23H26F3N3O3. The maximum absolute atomic E-state index is 13.7. The molecule has 1 saturated heterocycles. The van der Waals surface area contributed by atoms with Crippen molar-refractivity contribution in [2.24, 2.45) is 11.8 Å². The van der Waals surface area contributed by atoms with Crippen LogP contribution in [0.25, 0.3) is 0 Å². The Morgan fingerprint density at radius 1 is 1.12 bits per heavy atom. The van der Waals surface area contributed by atoms with Crippen molar-refractivity contribution >= 4 is 12.0 Å². The van der Waals surface area contributed by atoms with Gasteiger partial charge in [0.1, 0.15) is 5.82 Å². The number of hydrogen-bond donors (Lipinski definition) is 1. The minimum absolute atomic E-state index is 0.113. The first-order valence-corrected chi connectivity index (χ1v) is 10.6. The zero-order valence-corrected chi connectivity index (χ0v) is 18.0. The van der Waals surface area contributed by atoms with Crippen molar-refractivity contribution in [3.05, 3.63) is 59.7 Å². The molecule has 0 spiro atoms. The fourth-order valence-corrected chi connectivity index (χ4v) is 3.85. The Morgan fingerprint density at radius 2 is 1.78 bits per heavy atom. The molecule has 32 heavy (non-hydrogen) atoms. The van der Waals surface area contributed by atoms with Crippen molar-refractivity contribution in [3.63, 3.8) is 0 Å². The van der Waals surface area contributed by atoms with Gasteiger partial charge in [-0.2, -0.15) is 8.78 Å². The summed E-state index contributed by atoms with van der Waals surface area (Å²) in [6, 6.07) is 6.35. The highest BCUT2D eigenvalue weighted by molar-refractivity contribution is 5.94. The van der Waals surface area contributed by atoms with Crippen LogP contribution in [0.5, 0.6) is 5.75 Å². The van der Waals surface area contributed by atoms with Gasteiger partial charge in [0.05, 0.1) is 0 Å². The molecule has 2 heterocycles. The number of amides is 2. The van der Waals surface area contributed by atoms with E-state index in [0.29, 0.717) is 37.4 Å². The monoisotopic (exact) mass is 449 g/mol. The number of nitrogens with one attached hydrogen (secondary N) is 1. The van der Waals surface area contributed by atoms with E-state index in [0.717, 1.165) is 18.7 Å². The Labute approximate surface area is 184 Å². The molecule has 1 aliphatic rings. The fraction of sp³-hybridized carbons (Fsp3) is 0.435. The van der Waals surface area contributed by atoms with E-state index in [-0.39, 0.29) is 17.9 Å². The molecule has 1 aromatic heterocycles. The first-order valence-electron chi connectivity index (χ1n) is 10.6. The SMILES string of the molecule is CC(C)CC(NC(=O)c1ccc(F)cc1)C1CCN(C(=O)Oc2ccnc(F)c2F)CC1. The molecular weight excluding hydrogens is 423 g/mol. The van der Waals surface area contributed by atoms with Gasteiger partial charge in [-0.15, -0.1) is 0 Å². The third kappa shape index (κ3) is 5.99. The second kappa shape index (κ2) is 10.5. The first kappa shape index (κ1) is 23.6. The van der Waals surface area contributed by atoms with Crippen LogP contribution in [0.2, 0.25) is 0 Å². The Morgan fingerprint density at radius 3 is 2.41 bits per heavy atom. The summed E-state index contributed by atoms with van der Waals surface area (Å²) in [6.07, 6.45) is 2.24. The van der Waals surface area contributed by atoms with Gasteiger partial charge in [0.25, 0.3) is 11.9 Å². The number of piperidine rings is 1. The summed E-state index contributed by atoms with van der Waals surface area (Å²) in [7, 11) is 0. The molecule has 3 rings (SSSR count). The second-order valence-electron chi connectivity index (χ2n) is 8.32. The van der Waals surface area contributed by atoms with Gasteiger partial charge in [-0.3, -0.25) is 4.79 Å². The van der Waals surface area contributed by atoms with E-state index >= 15 is 0 Å². The van der Waals surface area contributed by atoms with Crippen molar-refractivity contribution in [3.8, 4) is 5.75 Å². The van der Waals surface area contributed by atoms with Crippen LogP contribution >= 0.6 is 0 Å². The van der Waals surface area contributed by atoms with E-state index in [9.17, 15) is 22.8 Å². The molecule has 6 nitrogen and oxygen atoms in total. The quantitative estimate of drug-likeness (QED) is 0.657. The first-order chi connectivity index (χ1) is 15.2. The van der Waals surface area contributed by atoms with Crippen molar-refractivity contribution in [1.29, 1.82) is 0 Å². The number of halogens is 3. The number of ether oxygens (including phenoxy) is 1. The van der Waals surface area contributed by atoms with Crippen LogP contribution in [0.3, 0.4) is 0 Å². The molecule has 0 radical (unpaired) electrons. The van der Waals surface area contributed by atoms with Gasteiger partial charge in [0, 0.05) is 37.0 Å². The minimum Gasteiger partial charge on any atom is -0.407 e. The lowest BCUT2D eigenvalue weighted by molar-refractivity contribution is 0.0870. The van der Waals surface area contributed by atoms with Gasteiger partial charge in [-0.05, 0) is 55.4 Å². The van der Waals surface area contributed by atoms with E-state index in [1.54, 1.807) is 0 Å². The average Bonchev–Trinajstić information content (AvgIpc) is 2.76. The summed E-state index contributed by atoms with van der Waals surface area (Å²) < 4.78 is 45.1. The highest BCUT2D eigenvalue weighted by Gasteiger charge is 2.31. The third-order valence-corrected chi connectivity index (χ3v) is 5.52. The van der Waals surface area contributed by atoms with Gasteiger partial charge < -0.3 is 15.0 Å². The highest BCUT2D eigenvalue weighted by Crippen LogP contribution is 2.26. The zero-order chi connectivity index (χ0) is 23.3. The molecule has 1 atom stereocenters. The number of carbonyl (C=O) groups is 2. The summed E-state index contributed by atoms with van der Waals surface area (Å²) >= 11 is 0. The smallest absolute Gasteiger partial charge is 0.407 e. The van der Waals surface area contributed by atoms with Crippen LogP contribution in [-0.4, -0.2) is 41.0 Å². The van der Waals surface area contributed by atoms with Crippen molar-refractivity contribution in [2.45, 2.75) is 39.2 Å². The van der Waals surface area contributed by atoms with Crippen LogP contribution in [0, 0.1) is 29.4 Å². The molecule has 1 N–H and O–H groups in total.